The number of nitrogens with zero attached hydrogens (tertiary/aromatic N) is 1. The molecule has 0 aliphatic heterocycles. The Bertz CT molecular complexity index is 1390. The van der Waals surface area contributed by atoms with Crippen molar-refractivity contribution in [2.75, 3.05) is 0 Å². The van der Waals surface area contributed by atoms with Crippen LogP contribution in [0, 0.1) is 0 Å². The van der Waals surface area contributed by atoms with Crippen molar-refractivity contribution in [2.45, 2.75) is 13.0 Å². The largest absolute Gasteiger partial charge is 0.481 e. The van der Waals surface area contributed by atoms with Gasteiger partial charge in [0.1, 0.15) is 11.5 Å². The number of hydrogen-bond acceptors (Lipinski definition) is 5. The molecule has 0 radical (unpaired) electrons. The predicted octanol–water partition coefficient (Wildman–Crippen LogP) is 6.28. The van der Waals surface area contributed by atoms with Crippen LogP contribution in [0.25, 0.3) is 10.8 Å². The third-order valence-corrected chi connectivity index (χ3v) is 5.58. The number of fused-ring (bicyclic) bond motifs is 1. The average molecular weight is 507 g/mol. The molecule has 8 heteroatoms. The molecule has 4 rings (SSSR count). The molecule has 0 aromatic heterocycles. The molecule has 35 heavy (non-hydrogen) atoms. The van der Waals surface area contributed by atoms with Gasteiger partial charge in [-0.1, -0.05) is 53.5 Å². The molecule has 0 spiro atoms. The van der Waals surface area contributed by atoms with Crippen LogP contribution >= 0.6 is 23.2 Å². The number of hydrazone groups is 1. The van der Waals surface area contributed by atoms with E-state index in [1.807, 2.05) is 30.3 Å². The second-order valence-electron chi connectivity index (χ2n) is 7.54. The summed E-state index contributed by atoms with van der Waals surface area (Å²) < 4.78 is 11.3. The van der Waals surface area contributed by atoms with Crippen molar-refractivity contribution < 1.29 is 19.1 Å². The van der Waals surface area contributed by atoms with E-state index in [4.69, 9.17) is 32.7 Å². The number of carbonyl (C=O) groups is 2. The number of amides is 1. The number of carbonyl (C=O) groups excluding carboxylic acids is 2. The lowest BCUT2D eigenvalue weighted by atomic mass is 10.0. The summed E-state index contributed by atoms with van der Waals surface area (Å²) in [6, 6.07) is 24.2. The molecule has 0 saturated heterocycles. The number of benzene rings is 4. The van der Waals surface area contributed by atoms with E-state index in [0.717, 1.165) is 10.8 Å². The summed E-state index contributed by atoms with van der Waals surface area (Å²) in [4.78, 5) is 25.1. The second-order valence-corrected chi connectivity index (χ2v) is 8.42. The Balaban J connectivity index is 1.52. The van der Waals surface area contributed by atoms with Crippen LogP contribution in [-0.4, -0.2) is 24.2 Å². The van der Waals surface area contributed by atoms with Crippen LogP contribution < -0.4 is 14.9 Å². The summed E-state index contributed by atoms with van der Waals surface area (Å²) >= 11 is 11.8. The molecule has 0 aliphatic carbocycles. The van der Waals surface area contributed by atoms with Crippen LogP contribution in [0.2, 0.25) is 10.0 Å². The monoisotopic (exact) mass is 506 g/mol. The highest BCUT2D eigenvalue weighted by atomic mass is 35.5. The van der Waals surface area contributed by atoms with E-state index < -0.39 is 18.0 Å². The summed E-state index contributed by atoms with van der Waals surface area (Å²) in [5.74, 6) is -0.185. The van der Waals surface area contributed by atoms with Gasteiger partial charge in [0.25, 0.3) is 5.91 Å². The maximum absolute atomic E-state index is 12.7. The van der Waals surface area contributed by atoms with E-state index in [2.05, 4.69) is 10.5 Å². The molecule has 1 amide bonds. The van der Waals surface area contributed by atoms with E-state index in [-0.39, 0.29) is 0 Å². The summed E-state index contributed by atoms with van der Waals surface area (Å²) in [6.07, 6.45) is 0.641. The van der Waals surface area contributed by atoms with Crippen molar-refractivity contribution in [1.82, 2.24) is 5.43 Å². The van der Waals surface area contributed by atoms with Crippen molar-refractivity contribution in [2.24, 2.45) is 5.10 Å². The molecule has 0 fully saturated rings. The van der Waals surface area contributed by atoms with Gasteiger partial charge in [-0.3, -0.25) is 4.79 Å². The fraction of sp³-hybridized carbons (Fsp3) is 0.0741. The van der Waals surface area contributed by atoms with Gasteiger partial charge in [0, 0.05) is 15.6 Å². The number of nitrogens with one attached hydrogen (secondary N) is 1. The van der Waals surface area contributed by atoms with Crippen LogP contribution in [0.1, 0.15) is 22.8 Å². The topological polar surface area (TPSA) is 77.0 Å². The maximum Gasteiger partial charge on any atom is 0.343 e. The lowest BCUT2D eigenvalue weighted by molar-refractivity contribution is -0.127. The lowest BCUT2D eigenvalue weighted by Gasteiger charge is -2.13. The molecule has 0 heterocycles. The minimum absolute atomic E-state index is 0.298. The molecule has 4 aromatic rings. The van der Waals surface area contributed by atoms with Gasteiger partial charge in [-0.2, -0.15) is 5.10 Å². The zero-order valence-corrected chi connectivity index (χ0v) is 20.1. The van der Waals surface area contributed by atoms with E-state index in [1.54, 1.807) is 61.5 Å². The van der Waals surface area contributed by atoms with Crippen molar-refractivity contribution in [3.05, 3.63) is 106 Å². The van der Waals surface area contributed by atoms with Crippen LogP contribution in [0.3, 0.4) is 0 Å². The zero-order valence-electron chi connectivity index (χ0n) is 18.6. The van der Waals surface area contributed by atoms with Gasteiger partial charge in [-0.15, -0.1) is 0 Å². The Morgan fingerprint density at radius 1 is 0.886 bits per heavy atom. The third-order valence-electron chi connectivity index (χ3n) is 5.08. The molecule has 1 atom stereocenters. The molecule has 0 saturated carbocycles. The van der Waals surface area contributed by atoms with Crippen molar-refractivity contribution in [3.8, 4) is 11.5 Å². The first-order valence-corrected chi connectivity index (χ1v) is 11.4. The Hall–Kier alpha value is -3.87. The first kappa shape index (κ1) is 24.3. The standard InChI is InChI=1S/C27H20Cl2N2O4/c1-17(34-22-13-11-21(29)12-14-22)26(32)31-30-16-24-23-5-3-2-4-18(23)8-15-25(24)35-27(33)19-6-9-20(28)10-7-19/h2-17H,1H3,(H,31,32)/b30-16-/t17-/m1/s1. The number of rotatable bonds is 7. The first-order chi connectivity index (χ1) is 16.9. The van der Waals surface area contributed by atoms with Gasteiger partial charge in [0.15, 0.2) is 6.10 Å². The second kappa shape index (κ2) is 11.0. The highest BCUT2D eigenvalue weighted by Gasteiger charge is 2.16. The van der Waals surface area contributed by atoms with Gasteiger partial charge in [0.05, 0.1) is 11.8 Å². The Morgan fingerprint density at radius 3 is 2.26 bits per heavy atom. The Morgan fingerprint density at radius 2 is 1.54 bits per heavy atom. The average Bonchev–Trinajstić information content (AvgIpc) is 2.86. The fourth-order valence-electron chi connectivity index (χ4n) is 3.26. The van der Waals surface area contributed by atoms with Crippen LogP contribution in [0.15, 0.2) is 90.0 Å². The number of hydrogen-bond donors (Lipinski definition) is 1. The molecular formula is C27H20Cl2N2O4. The highest BCUT2D eigenvalue weighted by Crippen LogP contribution is 2.27. The number of esters is 1. The summed E-state index contributed by atoms with van der Waals surface area (Å²) in [5, 5.41) is 6.90. The quantitative estimate of drug-likeness (QED) is 0.138. The maximum atomic E-state index is 12.7. The van der Waals surface area contributed by atoms with Crippen LogP contribution in [0.5, 0.6) is 11.5 Å². The van der Waals surface area contributed by atoms with Gasteiger partial charge in [-0.25, -0.2) is 10.2 Å². The minimum Gasteiger partial charge on any atom is -0.481 e. The van der Waals surface area contributed by atoms with Crippen LogP contribution in [-0.2, 0) is 4.79 Å². The molecule has 176 valence electrons. The first-order valence-electron chi connectivity index (χ1n) is 10.7. The molecule has 0 aliphatic rings. The smallest absolute Gasteiger partial charge is 0.343 e. The van der Waals surface area contributed by atoms with E-state index in [0.29, 0.717) is 32.7 Å². The summed E-state index contributed by atoms with van der Waals surface area (Å²) in [7, 11) is 0. The van der Waals surface area contributed by atoms with Crippen molar-refractivity contribution in [3.63, 3.8) is 0 Å². The molecule has 0 unspecified atom stereocenters. The van der Waals surface area contributed by atoms with E-state index >= 15 is 0 Å². The van der Waals surface area contributed by atoms with Crippen LogP contribution in [0.4, 0.5) is 0 Å². The van der Waals surface area contributed by atoms with Gasteiger partial charge in [0.2, 0.25) is 0 Å². The van der Waals surface area contributed by atoms with Gasteiger partial charge >= 0.3 is 5.97 Å². The minimum atomic E-state index is -0.803. The van der Waals surface area contributed by atoms with Crippen molar-refractivity contribution in [1.29, 1.82) is 0 Å². The number of ether oxygens (including phenoxy) is 2. The molecule has 4 aromatic carbocycles. The molecule has 0 bridgehead atoms. The highest BCUT2D eigenvalue weighted by molar-refractivity contribution is 6.30. The normalized spacial score (nSPS) is 11.9. The Labute approximate surface area is 212 Å². The van der Waals surface area contributed by atoms with Gasteiger partial charge in [-0.05, 0) is 72.3 Å². The van der Waals surface area contributed by atoms with Crippen molar-refractivity contribution >= 4 is 52.1 Å². The SMILES string of the molecule is C[C@@H](Oc1ccc(Cl)cc1)C(=O)N/N=C\c1c(OC(=O)c2ccc(Cl)cc2)ccc2ccccc12. The molecular weight excluding hydrogens is 487 g/mol. The fourth-order valence-corrected chi connectivity index (χ4v) is 3.52. The molecule has 1 N–H and O–H groups in total. The Kier molecular flexibility index (Phi) is 7.65. The molecule has 6 nitrogen and oxygen atoms in total. The summed E-state index contributed by atoms with van der Waals surface area (Å²) in [5.41, 5.74) is 3.36. The van der Waals surface area contributed by atoms with Gasteiger partial charge < -0.3 is 9.47 Å². The zero-order chi connectivity index (χ0) is 24.8. The third kappa shape index (κ3) is 6.18. The van der Waals surface area contributed by atoms with E-state index in [1.165, 1.54) is 6.21 Å². The predicted molar refractivity (Wildman–Crippen MR) is 138 cm³/mol. The lowest BCUT2D eigenvalue weighted by Crippen LogP contribution is -2.33. The summed E-state index contributed by atoms with van der Waals surface area (Å²) in [6.45, 7) is 1.61. The van der Waals surface area contributed by atoms with E-state index in [9.17, 15) is 9.59 Å². The number of halogens is 2.